The molecule has 0 atom stereocenters. The van der Waals surface area contributed by atoms with Crippen molar-refractivity contribution in [2.24, 2.45) is 0 Å². The predicted molar refractivity (Wildman–Crippen MR) is 76.9 cm³/mol. The number of rotatable bonds is 4. The summed E-state index contributed by atoms with van der Waals surface area (Å²) in [5.74, 6) is 2.17. The molecule has 2 N–H and O–H groups in total. The van der Waals surface area contributed by atoms with Gasteiger partial charge < -0.3 is 15.2 Å². The first-order valence-corrected chi connectivity index (χ1v) is 6.25. The third-order valence-corrected chi connectivity index (χ3v) is 3.00. The summed E-state index contributed by atoms with van der Waals surface area (Å²) in [5, 5.41) is 0. The number of hydrogen-bond donors (Lipinski definition) is 1. The van der Waals surface area contributed by atoms with Gasteiger partial charge in [0.2, 0.25) is 0 Å². The van der Waals surface area contributed by atoms with Crippen LogP contribution in [0.1, 0.15) is 5.69 Å². The van der Waals surface area contributed by atoms with Crippen LogP contribution >= 0.6 is 0 Å². The topological polar surface area (TPSA) is 61.8 Å². The molecule has 0 aliphatic rings. The zero-order valence-electron chi connectivity index (χ0n) is 11.1. The van der Waals surface area contributed by atoms with Crippen LogP contribution in [0.15, 0.2) is 48.7 Å². The van der Waals surface area contributed by atoms with Crippen molar-refractivity contribution in [3.63, 3.8) is 0 Å². The number of imidazole rings is 1. The zero-order valence-corrected chi connectivity index (χ0v) is 11.1. The molecular weight excluding hydrogens is 254 g/mol. The summed E-state index contributed by atoms with van der Waals surface area (Å²) in [6.45, 7) is 0.383. The van der Waals surface area contributed by atoms with Gasteiger partial charge in [0, 0.05) is 12.3 Å². The Morgan fingerprint density at radius 3 is 2.75 bits per heavy atom. The van der Waals surface area contributed by atoms with Gasteiger partial charge in [0.05, 0.1) is 12.8 Å². The van der Waals surface area contributed by atoms with Crippen LogP contribution in [0, 0.1) is 0 Å². The summed E-state index contributed by atoms with van der Waals surface area (Å²) < 4.78 is 12.7. The van der Waals surface area contributed by atoms with Crippen LogP contribution in [0.25, 0.3) is 5.65 Å². The maximum Gasteiger partial charge on any atom is 0.138 e. The third-order valence-electron chi connectivity index (χ3n) is 3.00. The molecule has 2 heterocycles. The van der Waals surface area contributed by atoms with Gasteiger partial charge in [-0.1, -0.05) is 12.1 Å². The van der Waals surface area contributed by atoms with Crippen LogP contribution in [-0.2, 0) is 6.61 Å². The summed E-state index contributed by atoms with van der Waals surface area (Å²) in [6.07, 6.45) is 1.88. The molecular formula is C15H15N3O2. The van der Waals surface area contributed by atoms with Crippen LogP contribution < -0.4 is 15.2 Å². The Hall–Kier alpha value is -2.69. The minimum atomic E-state index is 0.383. The lowest BCUT2D eigenvalue weighted by Crippen LogP contribution is -1.96. The molecule has 0 unspecified atom stereocenters. The highest BCUT2D eigenvalue weighted by Gasteiger charge is 2.04. The second-order valence-corrected chi connectivity index (χ2v) is 4.38. The van der Waals surface area contributed by atoms with Crippen molar-refractivity contribution in [3.8, 4) is 11.5 Å². The van der Waals surface area contributed by atoms with E-state index in [0.29, 0.717) is 12.4 Å². The number of nitrogens with two attached hydrogens (primary N) is 1. The molecule has 0 radical (unpaired) electrons. The molecule has 5 heteroatoms. The molecule has 1 aromatic carbocycles. The molecule has 0 aliphatic carbocycles. The average Bonchev–Trinajstić information content (AvgIpc) is 2.90. The fourth-order valence-corrected chi connectivity index (χ4v) is 2.00. The highest BCUT2D eigenvalue weighted by Crippen LogP contribution is 2.20. The van der Waals surface area contributed by atoms with Crippen molar-refractivity contribution in [1.29, 1.82) is 0 Å². The third kappa shape index (κ3) is 2.38. The highest BCUT2D eigenvalue weighted by molar-refractivity contribution is 5.48. The molecule has 0 saturated carbocycles. The standard InChI is InChI=1S/C15H15N3O2/c1-19-12-4-2-5-13(8-12)20-10-11-9-18-14(16)6-3-7-15(18)17-11/h2-9H,10,16H2,1H3. The lowest BCUT2D eigenvalue weighted by molar-refractivity contribution is 0.299. The van der Waals surface area contributed by atoms with Crippen LogP contribution in [0.4, 0.5) is 5.82 Å². The SMILES string of the molecule is COc1cccc(OCc2cn3c(N)cccc3n2)c1. The van der Waals surface area contributed by atoms with E-state index < -0.39 is 0 Å². The fourth-order valence-electron chi connectivity index (χ4n) is 2.00. The molecule has 3 rings (SSSR count). The maximum absolute atomic E-state index is 5.88. The number of nitrogens with zero attached hydrogens (tertiary/aromatic N) is 2. The molecule has 0 saturated heterocycles. The van der Waals surface area contributed by atoms with E-state index in [1.807, 2.05) is 53.1 Å². The number of fused-ring (bicyclic) bond motifs is 1. The number of pyridine rings is 1. The van der Waals surface area contributed by atoms with Gasteiger partial charge in [0.15, 0.2) is 0 Å². The molecule has 0 amide bonds. The highest BCUT2D eigenvalue weighted by atomic mass is 16.5. The first-order valence-electron chi connectivity index (χ1n) is 6.25. The predicted octanol–water partition coefficient (Wildman–Crippen LogP) is 2.50. The molecule has 0 spiro atoms. The Morgan fingerprint density at radius 2 is 1.95 bits per heavy atom. The summed E-state index contributed by atoms with van der Waals surface area (Å²) in [4.78, 5) is 4.46. The van der Waals surface area contributed by atoms with Gasteiger partial charge in [0.25, 0.3) is 0 Å². The van der Waals surface area contributed by atoms with Gasteiger partial charge in [-0.25, -0.2) is 4.98 Å². The smallest absolute Gasteiger partial charge is 0.138 e. The number of nitrogen functional groups attached to an aromatic ring is 1. The van der Waals surface area contributed by atoms with E-state index in [0.717, 1.165) is 22.8 Å². The Labute approximate surface area is 116 Å². The second-order valence-electron chi connectivity index (χ2n) is 4.38. The van der Waals surface area contributed by atoms with Gasteiger partial charge >= 0.3 is 0 Å². The number of benzene rings is 1. The van der Waals surface area contributed by atoms with Gasteiger partial charge in [-0.3, -0.25) is 4.40 Å². The lowest BCUT2D eigenvalue weighted by Gasteiger charge is -2.05. The first-order chi connectivity index (χ1) is 9.76. The van der Waals surface area contributed by atoms with Crippen molar-refractivity contribution >= 4 is 11.5 Å². The molecule has 0 aliphatic heterocycles. The van der Waals surface area contributed by atoms with Crippen LogP contribution in [0.5, 0.6) is 11.5 Å². The van der Waals surface area contributed by atoms with Gasteiger partial charge in [-0.15, -0.1) is 0 Å². The van der Waals surface area contributed by atoms with Crippen molar-refractivity contribution in [1.82, 2.24) is 9.38 Å². The molecule has 20 heavy (non-hydrogen) atoms. The number of ether oxygens (including phenoxy) is 2. The van der Waals surface area contributed by atoms with E-state index in [-0.39, 0.29) is 0 Å². The van der Waals surface area contributed by atoms with Gasteiger partial charge in [0.1, 0.15) is 29.6 Å². The average molecular weight is 269 g/mol. The lowest BCUT2D eigenvalue weighted by atomic mass is 10.3. The Kier molecular flexibility index (Phi) is 3.16. The Bertz CT molecular complexity index is 737. The van der Waals surface area contributed by atoms with E-state index in [1.165, 1.54) is 0 Å². The van der Waals surface area contributed by atoms with E-state index >= 15 is 0 Å². The fraction of sp³-hybridized carbons (Fsp3) is 0.133. The minimum Gasteiger partial charge on any atom is -0.497 e. The van der Waals surface area contributed by atoms with Crippen molar-refractivity contribution in [2.45, 2.75) is 6.61 Å². The van der Waals surface area contributed by atoms with Crippen molar-refractivity contribution < 1.29 is 9.47 Å². The molecule has 2 aromatic heterocycles. The van der Waals surface area contributed by atoms with Crippen LogP contribution in [0.3, 0.4) is 0 Å². The second kappa shape index (κ2) is 5.13. The van der Waals surface area contributed by atoms with Gasteiger partial charge in [-0.05, 0) is 24.3 Å². The number of aromatic nitrogens is 2. The van der Waals surface area contributed by atoms with E-state index in [4.69, 9.17) is 15.2 Å². The van der Waals surface area contributed by atoms with E-state index in [9.17, 15) is 0 Å². The molecule has 3 aromatic rings. The Balaban J connectivity index is 1.78. The molecule has 102 valence electrons. The van der Waals surface area contributed by atoms with Crippen LogP contribution in [0.2, 0.25) is 0 Å². The van der Waals surface area contributed by atoms with Crippen LogP contribution in [-0.4, -0.2) is 16.5 Å². The summed E-state index contributed by atoms with van der Waals surface area (Å²) in [7, 11) is 1.63. The number of methoxy groups -OCH3 is 1. The summed E-state index contributed by atoms with van der Waals surface area (Å²) in [6, 6.07) is 13.1. The van der Waals surface area contributed by atoms with E-state index in [1.54, 1.807) is 7.11 Å². The summed E-state index contributed by atoms with van der Waals surface area (Å²) >= 11 is 0. The monoisotopic (exact) mass is 269 g/mol. The summed E-state index contributed by atoms with van der Waals surface area (Å²) in [5.41, 5.74) is 7.52. The normalized spacial score (nSPS) is 10.7. The van der Waals surface area contributed by atoms with Crippen molar-refractivity contribution in [2.75, 3.05) is 12.8 Å². The Morgan fingerprint density at radius 1 is 1.15 bits per heavy atom. The number of anilines is 1. The molecule has 0 fully saturated rings. The molecule has 5 nitrogen and oxygen atoms in total. The first kappa shape index (κ1) is 12.3. The van der Waals surface area contributed by atoms with E-state index in [2.05, 4.69) is 4.98 Å². The minimum absolute atomic E-state index is 0.383. The zero-order chi connectivity index (χ0) is 13.9. The van der Waals surface area contributed by atoms with Crippen molar-refractivity contribution in [3.05, 3.63) is 54.4 Å². The molecule has 0 bridgehead atoms. The quantitative estimate of drug-likeness (QED) is 0.790. The van der Waals surface area contributed by atoms with Gasteiger partial charge in [-0.2, -0.15) is 0 Å². The maximum atomic E-state index is 5.88. The number of hydrogen-bond acceptors (Lipinski definition) is 4. The largest absolute Gasteiger partial charge is 0.497 e.